The van der Waals surface area contributed by atoms with E-state index in [4.69, 9.17) is 17.3 Å². The molecule has 0 bridgehead atoms. The molecule has 20 heavy (non-hydrogen) atoms. The molecule has 112 valence electrons. The predicted octanol–water partition coefficient (Wildman–Crippen LogP) is 3.55. The fourth-order valence-corrected chi connectivity index (χ4v) is 2.50. The maximum absolute atomic E-state index is 12.3. The molecule has 0 aromatic heterocycles. The van der Waals surface area contributed by atoms with Gasteiger partial charge in [0.2, 0.25) is 5.91 Å². The van der Waals surface area contributed by atoms with Crippen LogP contribution in [-0.4, -0.2) is 23.4 Å². The molecule has 1 amide bonds. The lowest BCUT2D eigenvalue weighted by atomic mass is 10.1. The summed E-state index contributed by atoms with van der Waals surface area (Å²) in [5.74, 6) is 0.218. The standard InChI is InChI=1S/C15H21ClN2O.ClH/c1-11(12-4-6-13(16)7-5-12)18(14-8-9-14)15(19)3-2-10-17;/h4-7,11,14H,2-3,8-10,17H2,1H3;1H. The Morgan fingerprint density at radius 2 is 2.00 bits per heavy atom. The van der Waals surface area contributed by atoms with E-state index in [0.717, 1.165) is 29.8 Å². The van der Waals surface area contributed by atoms with Gasteiger partial charge in [0.05, 0.1) is 6.04 Å². The maximum Gasteiger partial charge on any atom is 0.223 e. The Labute approximate surface area is 131 Å². The minimum Gasteiger partial charge on any atom is -0.333 e. The lowest BCUT2D eigenvalue weighted by Crippen LogP contribution is -2.35. The summed E-state index contributed by atoms with van der Waals surface area (Å²) in [6.45, 7) is 2.65. The normalized spacial score (nSPS) is 15.3. The van der Waals surface area contributed by atoms with Gasteiger partial charge in [-0.3, -0.25) is 4.79 Å². The van der Waals surface area contributed by atoms with Gasteiger partial charge < -0.3 is 10.6 Å². The number of nitrogens with zero attached hydrogens (tertiary/aromatic N) is 1. The molecule has 2 rings (SSSR count). The topological polar surface area (TPSA) is 46.3 Å². The van der Waals surface area contributed by atoms with Crippen LogP contribution in [0.25, 0.3) is 0 Å². The number of amides is 1. The molecule has 0 spiro atoms. The Morgan fingerprint density at radius 1 is 1.40 bits per heavy atom. The first-order valence-electron chi connectivity index (χ1n) is 6.90. The van der Waals surface area contributed by atoms with Crippen LogP contribution in [0.5, 0.6) is 0 Å². The SMILES string of the molecule is CC(c1ccc(Cl)cc1)N(C(=O)CCCN)C1CC1.Cl. The van der Waals surface area contributed by atoms with Crippen molar-refractivity contribution < 1.29 is 4.79 Å². The van der Waals surface area contributed by atoms with E-state index in [1.807, 2.05) is 29.2 Å². The van der Waals surface area contributed by atoms with Crippen LogP contribution in [0.3, 0.4) is 0 Å². The minimum atomic E-state index is 0. The third-order valence-corrected chi connectivity index (χ3v) is 3.84. The molecule has 3 nitrogen and oxygen atoms in total. The highest BCUT2D eigenvalue weighted by Crippen LogP contribution is 2.35. The van der Waals surface area contributed by atoms with E-state index in [1.54, 1.807) is 0 Å². The summed E-state index contributed by atoms with van der Waals surface area (Å²) in [4.78, 5) is 14.3. The summed E-state index contributed by atoms with van der Waals surface area (Å²) in [7, 11) is 0. The highest BCUT2D eigenvalue weighted by Gasteiger charge is 2.35. The Morgan fingerprint density at radius 3 is 2.50 bits per heavy atom. The first-order chi connectivity index (χ1) is 9.13. The lowest BCUT2D eigenvalue weighted by molar-refractivity contribution is -0.134. The van der Waals surface area contributed by atoms with Crippen LogP contribution in [0.1, 0.15) is 44.2 Å². The highest BCUT2D eigenvalue weighted by molar-refractivity contribution is 6.30. The van der Waals surface area contributed by atoms with E-state index < -0.39 is 0 Å². The lowest BCUT2D eigenvalue weighted by Gasteiger charge is -2.30. The number of benzene rings is 1. The molecule has 1 aliphatic carbocycles. The van der Waals surface area contributed by atoms with Crippen LogP contribution in [0.4, 0.5) is 0 Å². The smallest absolute Gasteiger partial charge is 0.223 e. The number of carbonyl (C=O) groups is 1. The summed E-state index contributed by atoms with van der Waals surface area (Å²) in [5.41, 5.74) is 6.62. The monoisotopic (exact) mass is 316 g/mol. The van der Waals surface area contributed by atoms with Crippen LogP contribution < -0.4 is 5.73 Å². The van der Waals surface area contributed by atoms with Crippen molar-refractivity contribution in [3.05, 3.63) is 34.9 Å². The Kier molecular flexibility index (Phi) is 6.80. The molecule has 1 atom stereocenters. The summed E-state index contributed by atoms with van der Waals surface area (Å²) >= 11 is 5.91. The fraction of sp³-hybridized carbons (Fsp3) is 0.533. The molecule has 1 unspecified atom stereocenters. The second-order valence-electron chi connectivity index (χ2n) is 5.15. The van der Waals surface area contributed by atoms with Gasteiger partial charge in [0.25, 0.3) is 0 Å². The van der Waals surface area contributed by atoms with Crippen LogP contribution in [-0.2, 0) is 4.79 Å². The van der Waals surface area contributed by atoms with Crippen molar-refractivity contribution in [2.45, 2.75) is 44.7 Å². The van der Waals surface area contributed by atoms with E-state index in [0.29, 0.717) is 19.0 Å². The van der Waals surface area contributed by atoms with Gasteiger partial charge >= 0.3 is 0 Å². The zero-order valence-corrected chi connectivity index (χ0v) is 13.3. The van der Waals surface area contributed by atoms with Crippen LogP contribution >= 0.6 is 24.0 Å². The molecule has 1 fully saturated rings. The number of carbonyl (C=O) groups excluding carboxylic acids is 1. The quantitative estimate of drug-likeness (QED) is 0.872. The second kappa shape index (κ2) is 7.87. The summed E-state index contributed by atoms with van der Waals surface area (Å²) in [6.07, 6.45) is 3.54. The molecule has 1 aromatic rings. The molecule has 2 N–H and O–H groups in total. The summed E-state index contributed by atoms with van der Waals surface area (Å²) in [5, 5.41) is 0.725. The Balaban J connectivity index is 0.00000200. The molecule has 5 heteroatoms. The van der Waals surface area contributed by atoms with Crippen molar-refractivity contribution in [3.63, 3.8) is 0 Å². The molecule has 1 saturated carbocycles. The van der Waals surface area contributed by atoms with E-state index in [-0.39, 0.29) is 24.4 Å². The van der Waals surface area contributed by atoms with Crippen molar-refractivity contribution in [1.29, 1.82) is 0 Å². The van der Waals surface area contributed by atoms with Gasteiger partial charge in [-0.25, -0.2) is 0 Å². The van der Waals surface area contributed by atoms with Crippen molar-refractivity contribution >= 4 is 29.9 Å². The molecule has 0 aliphatic heterocycles. The second-order valence-corrected chi connectivity index (χ2v) is 5.59. The third-order valence-electron chi connectivity index (χ3n) is 3.59. The van der Waals surface area contributed by atoms with Gasteiger partial charge in [0.15, 0.2) is 0 Å². The van der Waals surface area contributed by atoms with Crippen LogP contribution in [0, 0.1) is 0 Å². The first-order valence-corrected chi connectivity index (χ1v) is 7.28. The van der Waals surface area contributed by atoms with Crippen LogP contribution in [0.2, 0.25) is 5.02 Å². The number of nitrogens with two attached hydrogens (primary N) is 1. The number of hydrogen-bond donors (Lipinski definition) is 1. The van der Waals surface area contributed by atoms with Gasteiger partial charge in [-0.15, -0.1) is 12.4 Å². The van der Waals surface area contributed by atoms with Crippen molar-refractivity contribution in [2.24, 2.45) is 5.73 Å². The number of hydrogen-bond acceptors (Lipinski definition) is 2. The van der Waals surface area contributed by atoms with Gasteiger partial charge in [-0.1, -0.05) is 23.7 Å². The average Bonchev–Trinajstić information content (AvgIpc) is 3.22. The summed E-state index contributed by atoms with van der Waals surface area (Å²) < 4.78 is 0. The third kappa shape index (κ3) is 4.37. The van der Waals surface area contributed by atoms with Gasteiger partial charge in [0, 0.05) is 17.5 Å². The fourth-order valence-electron chi connectivity index (χ4n) is 2.37. The van der Waals surface area contributed by atoms with E-state index in [1.165, 1.54) is 0 Å². The zero-order valence-electron chi connectivity index (χ0n) is 11.7. The van der Waals surface area contributed by atoms with E-state index in [9.17, 15) is 4.79 Å². The highest BCUT2D eigenvalue weighted by atomic mass is 35.5. The van der Waals surface area contributed by atoms with Gasteiger partial charge in [0.1, 0.15) is 0 Å². The van der Waals surface area contributed by atoms with Crippen molar-refractivity contribution in [3.8, 4) is 0 Å². The maximum atomic E-state index is 12.3. The largest absolute Gasteiger partial charge is 0.333 e. The zero-order chi connectivity index (χ0) is 13.8. The van der Waals surface area contributed by atoms with Crippen LogP contribution in [0.15, 0.2) is 24.3 Å². The molecule has 1 aromatic carbocycles. The van der Waals surface area contributed by atoms with Crippen molar-refractivity contribution in [1.82, 2.24) is 4.90 Å². The van der Waals surface area contributed by atoms with E-state index >= 15 is 0 Å². The molecule has 0 radical (unpaired) electrons. The van der Waals surface area contributed by atoms with E-state index in [2.05, 4.69) is 6.92 Å². The average molecular weight is 317 g/mol. The molecular weight excluding hydrogens is 295 g/mol. The molecular formula is C15H22Cl2N2O. The minimum absolute atomic E-state index is 0. The van der Waals surface area contributed by atoms with Gasteiger partial charge in [-0.2, -0.15) is 0 Å². The molecule has 0 heterocycles. The number of halogens is 2. The van der Waals surface area contributed by atoms with Gasteiger partial charge in [-0.05, 0) is 50.4 Å². The molecule has 0 saturated heterocycles. The Bertz CT molecular complexity index is 432. The predicted molar refractivity (Wildman–Crippen MR) is 85.3 cm³/mol. The number of rotatable bonds is 6. The summed E-state index contributed by atoms with van der Waals surface area (Å²) in [6, 6.07) is 8.27. The Hall–Kier alpha value is -0.770. The first kappa shape index (κ1) is 17.3. The molecule has 1 aliphatic rings. The van der Waals surface area contributed by atoms with Crippen molar-refractivity contribution in [2.75, 3.05) is 6.54 Å².